The first-order valence-electron chi connectivity index (χ1n) is 2.89. The lowest BCUT2D eigenvalue weighted by atomic mass is 10.6. The Morgan fingerprint density at radius 2 is 2.18 bits per heavy atom. The molecule has 0 bridgehead atoms. The van der Waals surface area contributed by atoms with Gasteiger partial charge in [-0.2, -0.15) is 0 Å². The van der Waals surface area contributed by atoms with E-state index < -0.39 is 0 Å². The van der Waals surface area contributed by atoms with Crippen molar-refractivity contribution in [1.29, 1.82) is 5.41 Å². The summed E-state index contributed by atoms with van der Waals surface area (Å²) < 4.78 is 0. The second-order valence-electron chi connectivity index (χ2n) is 1.84. The second-order valence-corrected chi connectivity index (χ2v) is 2.72. The Kier molecular flexibility index (Phi) is 4.90. The molecule has 11 heavy (non-hydrogen) atoms. The van der Waals surface area contributed by atoms with Crippen LogP contribution in [-0.4, -0.2) is 17.6 Å². The first-order chi connectivity index (χ1) is 5.02. The van der Waals surface area contributed by atoms with Crippen LogP contribution in [0.4, 0.5) is 0 Å². The highest BCUT2D eigenvalue weighted by Gasteiger charge is 1.93. The molecular weight excluding hydrogens is 185 g/mol. The lowest BCUT2D eigenvalue weighted by Crippen LogP contribution is -2.24. The molecule has 0 aromatic carbocycles. The summed E-state index contributed by atoms with van der Waals surface area (Å²) in [7, 11) is 0. The van der Waals surface area contributed by atoms with E-state index in [-0.39, 0.29) is 10.3 Å². The first-order valence-corrected chi connectivity index (χ1v) is 3.64. The van der Waals surface area contributed by atoms with Crippen LogP contribution in [0.1, 0.15) is 6.92 Å². The van der Waals surface area contributed by atoms with Crippen LogP contribution >= 0.6 is 23.2 Å². The predicted molar refractivity (Wildman–Crippen MR) is 49.7 cm³/mol. The van der Waals surface area contributed by atoms with Gasteiger partial charge in [0.1, 0.15) is 10.3 Å². The van der Waals surface area contributed by atoms with Crippen LogP contribution < -0.4 is 5.32 Å². The molecule has 0 aromatic rings. The molecule has 0 rings (SSSR count). The molecule has 5 heteroatoms. The summed E-state index contributed by atoms with van der Waals surface area (Å²) in [6.07, 6.45) is 0. The topological polar surface area (TPSA) is 48.2 Å². The number of nitrogens with one attached hydrogen (secondary N) is 2. The molecule has 0 heterocycles. The van der Waals surface area contributed by atoms with Crippen LogP contribution in [0.2, 0.25) is 0 Å². The first kappa shape index (κ1) is 10.5. The van der Waals surface area contributed by atoms with Gasteiger partial charge in [0, 0.05) is 0 Å². The van der Waals surface area contributed by atoms with Crippen molar-refractivity contribution in [3.05, 3.63) is 11.7 Å². The van der Waals surface area contributed by atoms with Gasteiger partial charge in [0.2, 0.25) is 0 Å². The zero-order valence-corrected chi connectivity index (χ0v) is 7.63. The third-order valence-electron chi connectivity index (χ3n) is 0.742. The second kappa shape index (κ2) is 5.16. The van der Waals surface area contributed by atoms with E-state index in [1.54, 1.807) is 6.92 Å². The van der Waals surface area contributed by atoms with Crippen LogP contribution in [0.3, 0.4) is 0 Å². The van der Waals surface area contributed by atoms with Crippen molar-refractivity contribution in [2.24, 2.45) is 4.99 Å². The number of halogens is 2. The molecule has 0 aliphatic carbocycles. The van der Waals surface area contributed by atoms with Gasteiger partial charge in [0.25, 0.3) is 0 Å². The Bertz CT molecular complexity index is 198. The third-order valence-corrected chi connectivity index (χ3v) is 1.04. The lowest BCUT2D eigenvalue weighted by Gasteiger charge is -2.00. The van der Waals surface area contributed by atoms with Crippen LogP contribution in [0.5, 0.6) is 0 Å². The maximum atomic E-state index is 6.99. The number of amidine groups is 1. The molecule has 0 aromatic heterocycles. The van der Waals surface area contributed by atoms with Crippen molar-refractivity contribution < 1.29 is 0 Å². The summed E-state index contributed by atoms with van der Waals surface area (Å²) in [5, 5.41) is 10.1. The zero-order valence-electron chi connectivity index (χ0n) is 6.12. The van der Waals surface area contributed by atoms with Crippen LogP contribution in [0.15, 0.2) is 16.7 Å². The summed E-state index contributed by atoms with van der Waals surface area (Å²) in [4.78, 5) is 3.64. The molecule has 0 spiro atoms. The van der Waals surface area contributed by atoms with Crippen molar-refractivity contribution in [2.75, 3.05) is 6.54 Å². The van der Waals surface area contributed by atoms with Crippen molar-refractivity contribution in [1.82, 2.24) is 5.32 Å². The fraction of sp³-hybridized carbons (Fsp3) is 0.333. The Morgan fingerprint density at radius 1 is 1.64 bits per heavy atom. The van der Waals surface area contributed by atoms with Crippen molar-refractivity contribution in [3.63, 3.8) is 0 Å². The van der Waals surface area contributed by atoms with Gasteiger partial charge in [-0.05, 0) is 6.92 Å². The highest BCUT2D eigenvalue weighted by atomic mass is 35.5. The van der Waals surface area contributed by atoms with Crippen LogP contribution in [0.25, 0.3) is 0 Å². The molecule has 0 aliphatic rings. The summed E-state index contributed by atoms with van der Waals surface area (Å²) in [5.41, 5.74) is 0. The van der Waals surface area contributed by atoms with E-state index in [1.165, 1.54) is 0 Å². The molecule has 0 saturated heterocycles. The summed E-state index contributed by atoms with van der Waals surface area (Å²) >= 11 is 10.9. The van der Waals surface area contributed by atoms with Crippen molar-refractivity contribution in [2.45, 2.75) is 6.92 Å². The van der Waals surface area contributed by atoms with Gasteiger partial charge in [0.05, 0.1) is 12.4 Å². The summed E-state index contributed by atoms with van der Waals surface area (Å²) in [5.74, 6) is 0.332. The van der Waals surface area contributed by atoms with E-state index in [9.17, 15) is 0 Å². The third kappa shape index (κ3) is 7.36. The summed E-state index contributed by atoms with van der Waals surface area (Å²) in [6.45, 7) is 5.25. The van der Waals surface area contributed by atoms with E-state index in [4.69, 9.17) is 28.6 Å². The predicted octanol–water partition coefficient (Wildman–Crippen LogP) is 1.92. The largest absolute Gasteiger partial charge is 0.368 e. The van der Waals surface area contributed by atoms with Crippen LogP contribution in [-0.2, 0) is 0 Å². The monoisotopic (exact) mass is 193 g/mol. The fourth-order valence-corrected chi connectivity index (χ4v) is 0.691. The smallest absolute Gasteiger partial charge is 0.127 e. The van der Waals surface area contributed by atoms with Gasteiger partial charge in [0.15, 0.2) is 0 Å². The van der Waals surface area contributed by atoms with Gasteiger partial charge >= 0.3 is 0 Å². The molecule has 0 saturated carbocycles. The van der Waals surface area contributed by atoms with Gasteiger partial charge in [-0.1, -0.05) is 29.8 Å². The zero-order chi connectivity index (χ0) is 8.85. The number of rotatable bonds is 3. The standard InChI is InChI=1S/C6H9Cl2N3/c1-4(7)11-6(8)3-10-5(2)9/h1,3H2,2H3,(H2,9,10). The van der Waals surface area contributed by atoms with E-state index in [0.29, 0.717) is 12.4 Å². The minimum absolute atomic E-state index is 0.138. The van der Waals surface area contributed by atoms with E-state index in [2.05, 4.69) is 16.9 Å². The van der Waals surface area contributed by atoms with Gasteiger partial charge in [-0.15, -0.1) is 0 Å². The molecule has 62 valence electrons. The van der Waals surface area contributed by atoms with Gasteiger partial charge in [-0.3, -0.25) is 5.41 Å². The fourth-order valence-electron chi connectivity index (χ4n) is 0.377. The number of hydrogen-bond acceptors (Lipinski definition) is 2. The van der Waals surface area contributed by atoms with Crippen molar-refractivity contribution in [3.8, 4) is 0 Å². The lowest BCUT2D eigenvalue weighted by molar-refractivity contribution is 1.06. The average molecular weight is 194 g/mol. The van der Waals surface area contributed by atoms with Gasteiger partial charge < -0.3 is 5.32 Å². The van der Waals surface area contributed by atoms with E-state index in [0.717, 1.165) is 0 Å². The Hall–Kier alpha value is -0.540. The SMILES string of the molecule is C=C(Cl)N=C(Cl)CNC(C)=N. The molecule has 0 fully saturated rings. The maximum Gasteiger partial charge on any atom is 0.127 e. The average Bonchev–Trinajstić information content (AvgIpc) is 1.82. The highest BCUT2D eigenvalue weighted by molar-refractivity contribution is 6.66. The molecule has 2 N–H and O–H groups in total. The molecule has 0 amide bonds. The van der Waals surface area contributed by atoms with E-state index >= 15 is 0 Å². The highest BCUT2D eigenvalue weighted by Crippen LogP contribution is 2.00. The molecule has 0 atom stereocenters. The Labute approximate surface area is 75.6 Å². The van der Waals surface area contributed by atoms with Gasteiger partial charge in [-0.25, -0.2) is 4.99 Å². The normalized spacial score (nSPS) is 11.0. The van der Waals surface area contributed by atoms with Crippen LogP contribution in [0, 0.1) is 5.41 Å². The van der Waals surface area contributed by atoms with E-state index in [1.807, 2.05) is 0 Å². The quantitative estimate of drug-likeness (QED) is 0.402. The minimum Gasteiger partial charge on any atom is -0.368 e. The number of hydrogen-bond donors (Lipinski definition) is 2. The maximum absolute atomic E-state index is 6.99. The number of nitrogens with zero attached hydrogens (tertiary/aromatic N) is 1. The summed E-state index contributed by atoms with van der Waals surface area (Å²) in [6, 6.07) is 0. The Morgan fingerprint density at radius 3 is 2.55 bits per heavy atom. The molecule has 0 radical (unpaired) electrons. The minimum atomic E-state index is 0.138. The molecule has 0 aliphatic heterocycles. The molecular formula is C6H9Cl2N3. The molecule has 3 nitrogen and oxygen atoms in total. The number of aliphatic imine (C=N–C) groups is 1. The van der Waals surface area contributed by atoms with Crippen molar-refractivity contribution >= 4 is 34.2 Å². The Balaban J connectivity index is 3.77. The molecule has 0 unspecified atom stereocenters.